The second-order valence-corrected chi connectivity index (χ2v) is 9.74. The van der Waals surface area contributed by atoms with Crippen molar-refractivity contribution < 1.29 is 14.7 Å². The lowest BCUT2D eigenvalue weighted by atomic mass is 9.97. The standard InChI is InChI=1S/C26H29N9O4/c27-8-5-21(36)34-11-13-35(14-12-34)26-30-20-15-28-32-24(37)22(20)23(31-26)29-19-3-1-17(2-4-19)16-33-9-6-18(7-10-33)25(38)39/h1-4,15,18H,5-7,9-14,16H2,(H,32,37)(H,38,39)(H,29,30,31). The molecule has 0 aliphatic carbocycles. The molecule has 2 aromatic heterocycles. The maximum Gasteiger partial charge on any atom is 0.306 e. The summed E-state index contributed by atoms with van der Waals surface area (Å²) in [5, 5.41) is 27.9. The molecule has 0 unspecified atom stereocenters. The highest BCUT2D eigenvalue weighted by atomic mass is 16.4. The number of rotatable bonds is 7. The van der Waals surface area contributed by atoms with Crippen LogP contribution in [0.25, 0.3) is 10.9 Å². The van der Waals surface area contributed by atoms with Gasteiger partial charge in [0.2, 0.25) is 11.9 Å². The number of anilines is 3. The highest BCUT2D eigenvalue weighted by Gasteiger charge is 2.25. The number of carboxylic acids is 1. The van der Waals surface area contributed by atoms with Crippen LogP contribution in [0.5, 0.6) is 0 Å². The van der Waals surface area contributed by atoms with Crippen LogP contribution in [0.15, 0.2) is 35.3 Å². The van der Waals surface area contributed by atoms with Crippen LogP contribution in [0, 0.1) is 17.2 Å². The minimum absolute atomic E-state index is 0.142. The Morgan fingerprint density at radius 2 is 1.79 bits per heavy atom. The van der Waals surface area contributed by atoms with Crippen LogP contribution in [-0.4, -0.2) is 86.2 Å². The number of nitrogens with one attached hydrogen (secondary N) is 2. The minimum atomic E-state index is -0.715. The number of benzene rings is 1. The number of carboxylic acid groups (broad SMARTS) is 1. The van der Waals surface area contributed by atoms with E-state index < -0.39 is 11.5 Å². The average Bonchev–Trinajstić information content (AvgIpc) is 2.94. The third kappa shape index (κ3) is 5.96. The van der Waals surface area contributed by atoms with E-state index in [4.69, 9.17) is 5.26 Å². The number of nitriles is 1. The summed E-state index contributed by atoms with van der Waals surface area (Å²) in [5.74, 6) is -0.388. The number of piperazine rings is 1. The molecule has 13 heteroatoms. The van der Waals surface area contributed by atoms with E-state index in [1.165, 1.54) is 6.20 Å². The van der Waals surface area contributed by atoms with Crippen molar-refractivity contribution in [1.82, 2.24) is 30.0 Å². The lowest BCUT2D eigenvalue weighted by Gasteiger charge is -2.34. The molecule has 0 saturated carbocycles. The predicted octanol–water partition coefficient (Wildman–Crippen LogP) is 1.32. The van der Waals surface area contributed by atoms with E-state index in [0.29, 0.717) is 61.7 Å². The van der Waals surface area contributed by atoms with Gasteiger partial charge in [0, 0.05) is 38.4 Å². The molecule has 1 aromatic carbocycles. The number of carbonyl (C=O) groups excluding carboxylic acids is 1. The maximum absolute atomic E-state index is 12.6. The summed E-state index contributed by atoms with van der Waals surface area (Å²) in [7, 11) is 0. The largest absolute Gasteiger partial charge is 0.481 e. The third-order valence-electron chi connectivity index (χ3n) is 7.21. The molecule has 13 nitrogen and oxygen atoms in total. The Bertz CT molecular complexity index is 1450. The first-order chi connectivity index (χ1) is 18.9. The highest BCUT2D eigenvalue weighted by Crippen LogP contribution is 2.25. The number of aromatic amines is 1. The molecular weight excluding hydrogens is 502 g/mol. The zero-order chi connectivity index (χ0) is 27.4. The maximum atomic E-state index is 12.6. The molecule has 0 spiro atoms. The van der Waals surface area contributed by atoms with Crippen LogP contribution in [0.4, 0.5) is 17.5 Å². The zero-order valence-corrected chi connectivity index (χ0v) is 21.3. The number of aromatic nitrogens is 4. The number of piperidine rings is 1. The lowest BCUT2D eigenvalue weighted by Crippen LogP contribution is -2.49. The van der Waals surface area contributed by atoms with E-state index in [-0.39, 0.29) is 18.2 Å². The van der Waals surface area contributed by atoms with Crippen molar-refractivity contribution in [3.63, 3.8) is 0 Å². The predicted molar refractivity (Wildman–Crippen MR) is 142 cm³/mol. The summed E-state index contributed by atoms with van der Waals surface area (Å²) in [6, 6.07) is 9.73. The number of fused-ring (bicyclic) bond motifs is 1. The third-order valence-corrected chi connectivity index (χ3v) is 7.21. The number of aliphatic carboxylic acids is 1. The minimum Gasteiger partial charge on any atom is -0.481 e. The fourth-order valence-corrected chi connectivity index (χ4v) is 4.98. The molecule has 2 aliphatic heterocycles. The number of hydrogen-bond donors (Lipinski definition) is 3. The Balaban J connectivity index is 1.31. The molecule has 3 aromatic rings. The normalized spacial score (nSPS) is 16.7. The van der Waals surface area contributed by atoms with Crippen molar-refractivity contribution in [2.24, 2.45) is 5.92 Å². The fourth-order valence-electron chi connectivity index (χ4n) is 4.98. The van der Waals surface area contributed by atoms with Gasteiger partial charge in [-0.15, -0.1) is 0 Å². The summed E-state index contributed by atoms with van der Waals surface area (Å²) in [5.41, 5.74) is 1.84. The number of carbonyl (C=O) groups is 2. The van der Waals surface area contributed by atoms with Crippen molar-refractivity contribution in [2.45, 2.75) is 25.8 Å². The average molecular weight is 532 g/mol. The van der Waals surface area contributed by atoms with E-state index in [1.807, 2.05) is 35.2 Å². The van der Waals surface area contributed by atoms with Gasteiger partial charge in [0.1, 0.15) is 23.1 Å². The number of hydrogen-bond acceptors (Lipinski definition) is 10. The molecule has 2 saturated heterocycles. The van der Waals surface area contributed by atoms with Crippen LogP contribution in [0.2, 0.25) is 0 Å². The van der Waals surface area contributed by atoms with Gasteiger partial charge in [-0.05, 0) is 43.6 Å². The molecular formula is C26H29N9O4. The summed E-state index contributed by atoms with van der Waals surface area (Å²) in [6.45, 7) is 4.14. The van der Waals surface area contributed by atoms with Crippen LogP contribution >= 0.6 is 0 Å². The van der Waals surface area contributed by atoms with Gasteiger partial charge in [-0.2, -0.15) is 15.3 Å². The van der Waals surface area contributed by atoms with Crippen molar-refractivity contribution in [2.75, 3.05) is 49.5 Å². The molecule has 2 aliphatic rings. The Kier molecular flexibility index (Phi) is 7.64. The van der Waals surface area contributed by atoms with Gasteiger partial charge in [0.15, 0.2) is 0 Å². The quantitative estimate of drug-likeness (QED) is 0.401. The Morgan fingerprint density at radius 3 is 2.46 bits per heavy atom. The molecule has 4 heterocycles. The Morgan fingerprint density at radius 1 is 1.08 bits per heavy atom. The summed E-state index contributed by atoms with van der Waals surface area (Å²) < 4.78 is 0. The molecule has 2 fully saturated rings. The molecule has 5 rings (SSSR count). The van der Waals surface area contributed by atoms with E-state index in [0.717, 1.165) is 30.9 Å². The van der Waals surface area contributed by atoms with Crippen LogP contribution in [0.1, 0.15) is 24.8 Å². The summed E-state index contributed by atoms with van der Waals surface area (Å²) in [6.07, 6.45) is 2.66. The first-order valence-corrected chi connectivity index (χ1v) is 12.9. The monoisotopic (exact) mass is 531 g/mol. The number of nitrogens with zero attached hydrogens (tertiary/aromatic N) is 7. The molecule has 0 radical (unpaired) electrons. The van der Waals surface area contributed by atoms with E-state index in [9.17, 15) is 19.5 Å². The van der Waals surface area contributed by atoms with Gasteiger partial charge in [-0.3, -0.25) is 19.3 Å². The molecule has 202 valence electrons. The first kappa shape index (κ1) is 26.1. The lowest BCUT2D eigenvalue weighted by molar-refractivity contribution is -0.143. The SMILES string of the molecule is N#CCC(=O)N1CCN(c2nc(Nc3ccc(CN4CCC(C(=O)O)CC4)cc3)c3c(=O)[nH]ncc3n2)CC1. The van der Waals surface area contributed by atoms with Crippen molar-refractivity contribution in [3.8, 4) is 6.07 Å². The number of H-pyrrole nitrogens is 1. The van der Waals surface area contributed by atoms with E-state index in [2.05, 4.69) is 30.4 Å². The van der Waals surface area contributed by atoms with E-state index >= 15 is 0 Å². The number of likely N-dealkylation sites (tertiary alicyclic amines) is 1. The Labute approximate surface area is 224 Å². The van der Waals surface area contributed by atoms with Gasteiger partial charge in [-0.25, -0.2) is 10.1 Å². The fraction of sp³-hybridized carbons (Fsp3) is 0.423. The Hall–Kier alpha value is -4.57. The van der Waals surface area contributed by atoms with Crippen LogP contribution < -0.4 is 15.8 Å². The van der Waals surface area contributed by atoms with Crippen molar-refractivity contribution in [3.05, 3.63) is 46.4 Å². The van der Waals surface area contributed by atoms with Gasteiger partial charge in [0.25, 0.3) is 5.56 Å². The highest BCUT2D eigenvalue weighted by molar-refractivity contribution is 5.90. The molecule has 0 atom stereocenters. The summed E-state index contributed by atoms with van der Waals surface area (Å²) in [4.78, 5) is 51.0. The molecule has 39 heavy (non-hydrogen) atoms. The summed E-state index contributed by atoms with van der Waals surface area (Å²) >= 11 is 0. The molecule has 3 N–H and O–H groups in total. The van der Waals surface area contributed by atoms with Gasteiger partial charge >= 0.3 is 5.97 Å². The van der Waals surface area contributed by atoms with Gasteiger partial charge in [0.05, 0.1) is 18.2 Å². The molecule has 1 amide bonds. The first-order valence-electron chi connectivity index (χ1n) is 12.9. The number of amides is 1. The van der Waals surface area contributed by atoms with Crippen LogP contribution in [-0.2, 0) is 16.1 Å². The molecule has 0 bridgehead atoms. The topological polar surface area (TPSA) is 171 Å². The second kappa shape index (κ2) is 11.4. The van der Waals surface area contributed by atoms with Crippen molar-refractivity contribution in [1.29, 1.82) is 5.26 Å². The second-order valence-electron chi connectivity index (χ2n) is 9.74. The van der Waals surface area contributed by atoms with Crippen LogP contribution in [0.3, 0.4) is 0 Å². The van der Waals surface area contributed by atoms with E-state index in [1.54, 1.807) is 4.90 Å². The smallest absolute Gasteiger partial charge is 0.306 e. The van der Waals surface area contributed by atoms with Gasteiger partial charge in [-0.1, -0.05) is 12.1 Å². The zero-order valence-electron chi connectivity index (χ0n) is 21.3. The van der Waals surface area contributed by atoms with Gasteiger partial charge < -0.3 is 20.2 Å². The van der Waals surface area contributed by atoms with Crippen molar-refractivity contribution >= 4 is 40.2 Å².